The van der Waals surface area contributed by atoms with Crippen molar-refractivity contribution in [3.63, 3.8) is 0 Å². The Hall–Kier alpha value is -4.67. The second-order valence-electron chi connectivity index (χ2n) is 10.9. The number of amides is 1. The van der Waals surface area contributed by atoms with Crippen LogP contribution in [0.3, 0.4) is 0 Å². The highest BCUT2D eigenvalue weighted by Gasteiger charge is 2.35. The molecule has 0 radical (unpaired) electrons. The predicted molar refractivity (Wildman–Crippen MR) is 157 cm³/mol. The fourth-order valence-electron chi connectivity index (χ4n) is 5.80. The van der Waals surface area contributed by atoms with Gasteiger partial charge < -0.3 is 14.9 Å². The molecule has 0 aliphatic carbocycles. The summed E-state index contributed by atoms with van der Waals surface area (Å²) in [4.78, 5) is 43.4. The summed E-state index contributed by atoms with van der Waals surface area (Å²) in [5.41, 5.74) is 0.386. The quantitative estimate of drug-likeness (QED) is 0.339. The number of phenols is 1. The topological polar surface area (TPSA) is 104 Å². The van der Waals surface area contributed by atoms with E-state index in [1.807, 2.05) is 27.7 Å². The van der Waals surface area contributed by atoms with Crippen molar-refractivity contribution in [2.45, 2.75) is 52.6 Å². The maximum Gasteiger partial charge on any atom is 0.355 e. The van der Waals surface area contributed by atoms with Gasteiger partial charge in [-0.25, -0.2) is 23.1 Å². The van der Waals surface area contributed by atoms with Crippen LogP contribution in [0, 0.1) is 18.6 Å². The van der Waals surface area contributed by atoms with Gasteiger partial charge in [-0.15, -0.1) is 0 Å². The molecule has 0 spiro atoms. The average molecular weight is 575 g/mol. The number of rotatable bonds is 5. The van der Waals surface area contributed by atoms with Crippen molar-refractivity contribution in [2.75, 3.05) is 18.0 Å². The predicted octanol–water partition coefficient (Wildman–Crippen LogP) is 4.87. The Morgan fingerprint density at radius 1 is 1.12 bits per heavy atom. The number of aryl methyl sites for hydroxylation is 1. The Labute approximate surface area is 241 Å². The molecule has 1 N–H and O–H groups in total. The first-order valence-corrected chi connectivity index (χ1v) is 13.7. The third-order valence-electron chi connectivity index (χ3n) is 7.60. The van der Waals surface area contributed by atoms with Gasteiger partial charge in [0.1, 0.15) is 23.2 Å². The third kappa shape index (κ3) is 4.78. The highest BCUT2D eigenvalue weighted by Crippen LogP contribution is 2.36. The van der Waals surface area contributed by atoms with Gasteiger partial charge in [0, 0.05) is 37.4 Å². The highest BCUT2D eigenvalue weighted by atomic mass is 19.1. The number of carbonyl (C=O) groups excluding carboxylic acids is 1. The minimum absolute atomic E-state index is 0.0463. The van der Waals surface area contributed by atoms with E-state index >= 15 is 4.39 Å². The smallest absolute Gasteiger partial charge is 0.355 e. The minimum Gasteiger partial charge on any atom is -0.507 e. The van der Waals surface area contributed by atoms with Gasteiger partial charge >= 0.3 is 5.69 Å². The summed E-state index contributed by atoms with van der Waals surface area (Å²) in [7, 11) is 0. The van der Waals surface area contributed by atoms with Crippen molar-refractivity contribution in [1.29, 1.82) is 0 Å². The number of aromatic hydroxyl groups is 1. The minimum atomic E-state index is -0.800. The molecule has 1 aliphatic rings. The van der Waals surface area contributed by atoms with E-state index in [-0.39, 0.29) is 65.1 Å². The van der Waals surface area contributed by atoms with Crippen molar-refractivity contribution in [2.24, 2.45) is 0 Å². The Bertz CT molecular complexity index is 1760. The summed E-state index contributed by atoms with van der Waals surface area (Å²) in [6.07, 6.45) is 2.89. The molecule has 1 aliphatic heterocycles. The Balaban J connectivity index is 1.84. The van der Waals surface area contributed by atoms with E-state index in [4.69, 9.17) is 0 Å². The molecule has 9 nitrogen and oxygen atoms in total. The zero-order valence-electron chi connectivity index (χ0n) is 24.1. The van der Waals surface area contributed by atoms with Crippen LogP contribution in [0.4, 0.5) is 14.6 Å². The molecular weight excluding hydrogens is 542 g/mol. The van der Waals surface area contributed by atoms with Gasteiger partial charge in [-0.1, -0.05) is 26.5 Å². The van der Waals surface area contributed by atoms with E-state index in [0.29, 0.717) is 16.9 Å². The maximum atomic E-state index is 16.3. The van der Waals surface area contributed by atoms with Gasteiger partial charge in [0.05, 0.1) is 28.0 Å². The maximum absolute atomic E-state index is 16.3. The lowest BCUT2D eigenvalue weighted by atomic mass is 10.0. The van der Waals surface area contributed by atoms with E-state index in [0.717, 1.165) is 12.1 Å². The highest BCUT2D eigenvalue weighted by molar-refractivity contribution is 5.92. The second-order valence-corrected chi connectivity index (χ2v) is 10.9. The first kappa shape index (κ1) is 28.8. The number of hydrogen-bond acceptors (Lipinski definition) is 7. The number of aromatic nitrogens is 4. The van der Waals surface area contributed by atoms with Crippen LogP contribution < -0.4 is 10.6 Å². The van der Waals surface area contributed by atoms with Gasteiger partial charge in [-0.2, -0.15) is 4.98 Å². The fraction of sp³-hybridized carbons (Fsp3) is 0.323. The molecule has 1 saturated heterocycles. The van der Waals surface area contributed by atoms with Crippen LogP contribution in [0.5, 0.6) is 5.75 Å². The second kappa shape index (κ2) is 11.0. The van der Waals surface area contributed by atoms with Crippen LogP contribution in [0.15, 0.2) is 54.0 Å². The molecule has 218 valence electrons. The lowest BCUT2D eigenvalue weighted by Gasteiger charge is -2.44. The number of fused-ring (bicyclic) bond motifs is 1. The van der Waals surface area contributed by atoms with Crippen molar-refractivity contribution >= 4 is 22.8 Å². The van der Waals surface area contributed by atoms with E-state index < -0.39 is 23.1 Å². The average Bonchev–Trinajstić information content (AvgIpc) is 2.92. The summed E-state index contributed by atoms with van der Waals surface area (Å²) in [5, 5.41) is 10.4. The van der Waals surface area contributed by atoms with E-state index in [2.05, 4.69) is 21.5 Å². The first-order valence-electron chi connectivity index (χ1n) is 13.7. The molecule has 1 aromatic carbocycles. The third-order valence-corrected chi connectivity index (χ3v) is 7.60. The normalized spacial score (nSPS) is 17.2. The van der Waals surface area contributed by atoms with Crippen molar-refractivity contribution in [3.05, 3.63) is 82.6 Å². The lowest BCUT2D eigenvalue weighted by Crippen LogP contribution is -2.58. The zero-order valence-corrected chi connectivity index (χ0v) is 24.1. The standard InChI is InChI=1S/C31H32F2N6O3/c1-7-24(41)38-18(5)14-37(15-19(38)6)29-26-21(33)13-22(25-20(32)9-8-10-23(25)40)35-30(26)39(31(42)36-29)28-17(4)11-12-34-27(28)16(2)3/h7-13,16,18-19,40H,1,14-15H2,2-6H3/t18-,19+. The summed E-state index contributed by atoms with van der Waals surface area (Å²) >= 11 is 0. The van der Waals surface area contributed by atoms with Crippen molar-refractivity contribution in [1.82, 2.24) is 24.4 Å². The number of nitrogens with zero attached hydrogens (tertiary/aromatic N) is 6. The van der Waals surface area contributed by atoms with E-state index in [1.54, 1.807) is 29.0 Å². The molecule has 2 atom stereocenters. The molecule has 1 fully saturated rings. The van der Waals surface area contributed by atoms with Gasteiger partial charge in [-0.05, 0) is 56.5 Å². The number of anilines is 1. The van der Waals surface area contributed by atoms with Gasteiger partial charge in [0.25, 0.3) is 0 Å². The van der Waals surface area contributed by atoms with E-state index in [9.17, 15) is 19.1 Å². The summed E-state index contributed by atoms with van der Waals surface area (Å²) in [5.74, 6) is -2.28. The van der Waals surface area contributed by atoms with Crippen LogP contribution >= 0.6 is 0 Å². The molecule has 0 bridgehead atoms. The molecule has 0 unspecified atom stereocenters. The van der Waals surface area contributed by atoms with Crippen LogP contribution in [0.25, 0.3) is 28.0 Å². The number of phenolic OH excluding ortho intramolecular Hbond substituents is 1. The number of piperazine rings is 1. The van der Waals surface area contributed by atoms with Crippen LogP contribution in [-0.4, -0.2) is 60.6 Å². The van der Waals surface area contributed by atoms with E-state index in [1.165, 1.54) is 22.8 Å². The number of pyridine rings is 2. The lowest BCUT2D eigenvalue weighted by molar-refractivity contribution is -0.130. The monoisotopic (exact) mass is 574 g/mol. The zero-order chi connectivity index (χ0) is 30.5. The number of benzene rings is 1. The van der Waals surface area contributed by atoms with Gasteiger partial charge in [0.15, 0.2) is 5.65 Å². The molecule has 3 aromatic heterocycles. The van der Waals surface area contributed by atoms with Crippen LogP contribution in [0.1, 0.15) is 44.9 Å². The molecule has 4 heterocycles. The van der Waals surface area contributed by atoms with Crippen LogP contribution in [0.2, 0.25) is 0 Å². The number of halogens is 2. The first-order chi connectivity index (χ1) is 19.9. The molecular formula is C31H32F2N6O3. The molecule has 11 heteroatoms. The van der Waals surface area contributed by atoms with Gasteiger partial charge in [-0.3, -0.25) is 9.78 Å². The van der Waals surface area contributed by atoms with Gasteiger partial charge in [0.2, 0.25) is 5.91 Å². The summed E-state index contributed by atoms with van der Waals surface area (Å²) in [6, 6.07) is 5.92. The molecule has 0 saturated carbocycles. The van der Waals surface area contributed by atoms with Crippen LogP contribution in [-0.2, 0) is 4.79 Å². The molecule has 5 rings (SSSR count). The number of hydrogen-bond donors (Lipinski definition) is 1. The SMILES string of the molecule is C=CC(=O)N1[C@H](C)CN(c2nc(=O)n(-c3c(C)ccnc3C(C)C)c3nc(-c4c(O)cccc4F)cc(F)c23)C[C@@H]1C. The van der Waals surface area contributed by atoms with Crippen molar-refractivity contribution in [3.8, 4) is 22.7 Å². The fourth-order valence-corrected chi connectivity index (χ4v) is 5.80. The summed E-state index contributed by atoms with van der Waals surface area (Å²) < 4.78 is 32.5. The van der Waals surface area contributed by atoms with Crippen molar-refractivity contribution < 1.29 is 18.7 Å². The molecule has 42 heavy (non-hydrogen) atoms. The Morgan fingerprint density at radius 3 is 2.43 bits per heavy atom. The largest absolute Gasteiger partial charge is 0.507 e. The Kier molecular flexibility index (Phi) is 7.53. The molecule has 1 amide bonds. The summed E-state index contributed by atoms with van der Waals surface area (Å²) in [6.45, 7) is 13.5. The molecule has 4 aromatic rings. The Morgan fingerprint density at radius 2 is 1.81 bits per heavy atom. The number of carbonyl (C=O) groups is 1.